The van der Waals surface area contributed by atoms with Crippen LogP contribution in [0.4, 0.5) is 0 Å². The van der Waals surface area contributed by atoms with E-state index in [9.17, 15) is 4.79 Å². The zero-order valence-electron chi connectivity index (χ0n) is 13.9. The Morgan fingerprint density at radius 1 is 0.769 bits per heavy atom. The summed E-state index contributed by atoms with van der Waals surface area (Å²) in [6.45, 7) is 0.314. The van der Waals surface area contributed by atoms with Gasteiger partial charge in [0.05, 0.1) is 4.47 Å². The molecule has 26 heavy (non-hydrogen) atoms. The van der Waals surface area contributed by atoms with Gasteiger partial charge in [-0.2, -0.15) is 0 Å². The molecular weight excluding hydrogens is 396 g/mol. The van der Waals surface area contributed by atoms with Gasteiger partial charge in [0.2, 0.25) is 0 Å². The largest absolute Gasteiger partial charge is 0.489 e. The molecule has 0 amide bonds. The van der Waals surface area contributed by atoms with E-state index in [1.807, 2.05) is 48.5 Å². The van der Waals surface area contributed by atoms with Crippen LogP contribution >= 0.6 is 15.9 Å². The number of carbonyl (C=O) groups is 1. The van der Waals surface area contributed by atoms with E-state index in [2.05, 4.69) is 15.9 Å². The maximum absolute atomic E-state index is 11.9. The smallest absolute Gasteiger partial charge is 0.349 e. The van der Waals surface area contributed by atoms with E-state index in [0.29, 0.717) is 23.9 Å². The number of ether oxygens (including phenoxy) is 3. The third kappa shape index (κ3) is 5.36. The number of halogens is 1. The fraction of sp³-hybridized carbons (Fsp3) is 0.0952. The van der Waals surface area contributed by atoms with Crippen molar-refractivity contribution in [2.45, 2.75) is 6.61 Å². The van der Waals surface area contributed by atoms with Gasteiger partial charge in [0, 0.05) is 0 Å². The van der Waals surface area contributed by atoms with E-state index in [1.54, 1.807) is 30.3 Å². The quantitative estimate of drug-likeness (QED) is 0.404. The van der Waals surface area contributed by atoms with E-state index in [-0.39, 0.29) is 6.61 Å². The number of para-hydroxylation sites is 1. The maximum atomic E-state index is 11.9. The van der Waals surface area contributed by atoms with E-state index < -0.39 is 5.97 Å². The molecule has 0 bridgehead atoms. The fourth-order valence-electron chi connectivity index (χ4n) is 2.20. The van der Waals surface area contributed by atoms with Crippen LogP contribution in [-0.2, 0) is 11.4 Å². The Kier molecular flexibility index (Phi) is 6.28. The molecule has 0 spiro atoms. The summed E-state index contributed by atoms with van der Waals surface area (Å²) < 4.78 is 17.2. The lowest BCUT2D eigenvalue weighted by molar-refractivity contribution is -0.136. The van der Waals surface area contributed by atoms with Gasteiger partial charge in [0.1, 0.15) is 23.9 Å². The predicted octanol–water partition coefficient (Wildman–Crippen LogP) is 5.01. The molecule has 0 saturated carbocycles. The van der Waals surface area contributed by atoms with Crippen LogP contribution in [0.3, 0.4) is 0 Å². The molecular formula is C21H17BrO4. The van der Waals surface area contributed by atoms with Gasteiger partial charge in [0.25, 0.3) is 0 Å². The highest BCUT2D eigenvalue weighted by Crippen LogP contribution is 2.24. The molecule has 3 aromatic carbocycles. The zero-order chi connectivity index (χ0) is 18.2. The Morgan fingerprint density at radius 3 is 2.15 bits per heavy atom. The minimum absolute atomic E-state index is 0.172. The van der Waals surface area contributed by atoms with Gasteiger partial charge in [-0.3, -0.25) is 0 Å². The molecule has 3 aromatic rings. The summed E-state index contributed by atoms with van der Waals surface area (Å²) in [6.07, 6.45) is 0. The van der Waals surface area contributed by atoms with E-state index in [0.717, 1.165) is 10.0 Å². The van der Waals surface area contributed by atoms with Crippen molar-refractivity contribution in [1.29, 1.82) is 0 Å². The molecule has 0 fully saturated rings. The second-order valence-corrected chi connectivity index (χ2v) is 6.29. The van der Waals surface area contributed by atoms with Gasteiger partial charge in [-0.15, -0.1) is 0 Å². The van der Waals surface area contributed by atoms with Crippen molar-refractivity contribution in [2.75, 3.05) is 6.61 Å². The number of benzene rings is 3. The highest BCUT2D eigenvalue weighted by molar-refractivity contribution is 9.10. The van der Waals surface area contributed by atoms with Crippen LogP contribution in [0.15, 0.2) is 83.3 Å². The van der Waals surface area contributed by atoms with Crippen molar-refractivity contribution in [3.8, 4) is 17.2 Å². The number of hydrogen-bond acceptors (Lipinski definition) is 4. The molecule has 0 radical (unpaired) electrons. The molecule has 0 aromatic heterocycles. The van der Waals surface area contributed by atoms with Crippen molar-refractivity contribution in [2.24, 2.45) is 0 Å². The molecule has 0 aliphatic heterocycles. The first-order valence-electron chi connectivity index (χ1n) is 8.05. The van der Waals surface area contributed by atoms with Crippen molar-refractivity contribution in [1.82, 2.24) is 0 Å². The second kappa shape index (κ2) is 9.06. The van der Waals surface area contributed by atoms with Gasteiger partial charge >= 0.3 is 5.97 Å². The Morgan fingerprint density at radius 2 is 1.42 bits per heavy atom. The number of rotatable bonds is 7. The van der Waals surface area contributed by atoms with E-state index in [4.69, 9.17) is 14.2 Å². The summed E-state index contributed by atoms with van der Waals surface area (Å²) in [7, 11) is 0. The van der Waals surface area contributed by atoms with Crippen LogP contribution in [-0.4, -0.2) is 12.6 Å². The van der Waals surface area contributed by atoms with E-state index in [1.165, 1.54) is 0 Å². The average molecular weight is 413 g/mol. The second-order valence-electron chi connectivity index (χ2n) is 5.44. The van der Waals surface area contributed by atoms with Gasteiger partial charge in [-0.05, 0) is 57.9 Å². The molecule has 0 N–H and O–H groups in total. The Labute approximate surface area is 160 Å². The number of esters is 1. The molecule has 0 heterocycles. The van der Waals surface area contributed by atoms with E-state index >= 15 is 0 Å². The summed E-state index contributed by atoms with van der Waals surface area (Å²) in [5.74, 6) is 1.27. The number of carbonyl (C=O) groups excluding carboxylic acids is 1. The zero-order valence-corrected chi connectivity index (χ0v) is 15.5. The Hall–Kier alpha value is -2.79. The van der Waals surface area contributed by atoms with Crippen molar-refractivity contribution in [3.05, 3.63) is 88.9 Å². The van der Waals surface area contributed by atoms with Crippen LogP contribution < -0.4 is 14.2 Å². The summed E-state index contributed by atoms with van der Waals surface area (Å²) >= 11 is 3.36. The normalized spacial score (nSPS) is 10.2. The lowest BCUT2D eigenvalue weighted by Gasteiger charge is -2.09. The standard InChI is InChI=1S/C21H17BrO4/c22-19-8-4-5-9-20(19)25-15-21(23)26-18-12-10-17(11-13-18)24-14-16-6-2-1-3-7-16/h1-13H,14-15H2. The first-order chi connectivity index (χ1) is 12.7. The predicted molar refractivity (Wildman–Crippen MR) is 102 cm³/mol. The molecule has 0 aliphatic carbocycles. The maximum Gasteiger partial charge on any atom is 0.349 e. The van der Waals surface area contributed by atoms with Crippen molar-refractivity contribution < 1.29 is 19.0 Å². The summed E-state index contributed by atoms with van der Waals surface area (Å²) in [4.78, 5) is 11.9. The molecule has 4 nitrogen and oxygen atoms in total. The topological polar surface area (TPSA) is 44.8 Å². The molecule has 0 unspecified atom stereocenters. The Balaban J connectivity index is 1.47. The van der Waals surface area contributed by atoms with Crippen LogP contribution in [0.2, 0.25) is 0 Å². The van der Waals surface area contributed by atoms with Gasteiger partial charge < -0.3 is 14.2 Å². The summed E-state index contributed by atoms with van der Waals surface area (Å²) in [5, 5.41) is 0. The minimum Gasteiger partial charge on any atom is -0.489 e. The monoisotopic (exact) mass is 412 g/mol. The minimum atomic E-state index is -0.473. The first kappa shape index (κ1) is 18.0. The van der Waals surface area contributed by atoms with Crippen LogP contribution in [0.1, 0.15) is 5.56 Å². The SMILES string of the molecule is O=C(COc1ccccc1Br)Oc1ccc(OCc2ccccc2)cc1. The van der Waals surface area contributed by atoms with Gasteiger partial charge in [0.15, 0.2) is 6.61 Å². The third-order valence-electron chi connectivity index (χ3n) is 3.49. The molecule has 3 rings (SSSR count). The molecule has 132 valence electrons. The summed E-state index contributed by atoms with van der Waals surface area (Å²) in [5.41, 5.74) is 1.09. The number of hydrogen-bond donors (Lipinski definition) is 0. The van der Waals surface area contributed by atoms with Crippen LogP contribution in [0, 0.1) is 0 Å². The highest BCUT2D eigenvalue weighted by atomic mass is 79.9. The fourth-order valence-corrected chi connectivity index (χ4v) is 2.60. The van der Waals surface area contributed by atoms with Gasteiger partial charge in [-0.25, -0.2) is 4.79 Å². The highest BCUT2D eigenvalue weighted by Gasteiger charge is 2.08. The van der Waals surface area contributed by atoms with Crippen LogP contribution in [0.25, 0.3) is 0 Å². The van der Waals surface area contributed by atoms with Gasteiger partial charge in [-0.1, -0.05) is 42.5 Å². The average Bonchev–Trinajstić information content (AvgIpc) is 2.68. The summed E-state index contributed by atoms with van der Waals surface area (Å²) in [6, 6.07) is 24.1. The lowest BCUT2D eigenvalue weighted by atomic mass is 10.2. The third-order valence-corrected chi connectivity index (χ3v) is 4.14. The van der Waals surface area contributed by atoms with Crippen LogP contribution in [0.5, 0.6) is 17.2 Å². The molecule has 0 saturated heterocycles. The Bertz CT molecular complexity index is 847. The first-order valence-corrected chi connectivity index (χ1v) is 8.85. The molecule has 0 aliphatic rings. The van der Waals surface area contributed by atoms with Crippen molar-refractivity contribution in [3.63, 3.8) is 0 Å². The lowest BCUT2D eigenvalue weighted by Crippen LogP contribution is -2.17. The molecule has 0 atom stereocenters. The molecule has 5 heteroatoms. The van der Waals surface area contributed by atoms with Crippen molar-refractivity contribution >= 4 is 21.9 Å².